The SMILES string of the molecule is CC1=C(C(=O)OCC(C)C)[C@@H](c2ccc(N(C)C)cc2)c2c(n(C)c(=O)n(C)c2=O)N1. The highest BCUT2D eigenvalue weighted by Gasteiger charge is 2.37. The van der Waals surface area contributed by atoms with Crippen molar-refractivity contribution >= 4 is 17.5 Å². The number of fused-ring (bicyclic) bond motifs is 1. The number of rotatable bonds is 5. The van der Waals surface area contributed by atoms with Gasteiger partial charge in [-0.2, -0.15) is 0 Å². The smallest absolute Gasteiger partial charge is 0.336 e. The molecule has 2 heterocycles. The van der Waals surface area contributed by atoms with E-state index in [9.17, 15) is 14.4 Å². The number of ether oxygens (including phenoxy) is 1. The Balaban J connectivity index is 2.26. The normalized spacial score (nSPS) is 15.5. The lowest BCUT2D eigenvalue weighted by Gasteiger charge is -2.31. The van der Waals surface area contributed by atoms with E-state index in [0.29, 0.717) is 22.7 Å². The fourth-order valence-electron chi connectivity index (χ4n) is 3.78. The minimum atomic E-state index is -0.655. The first-order valence-electron chi connectivity index (χ1n) is 10.3. The van der Waals surface area contributed by atoms with Gasteiger partial charge in [-0.15, -0.1) is 0 Å². The lowest BCUT2D eigenvalue weighted by atomic mass is 9.82. The van der Waals surface area contributed by atoms with Crippen molar-refractivity contribution in [3.63, 3.8) is 0 Å². The van der Waals surface area contributed by atoms with Crippen molar-refractivity contribution in [3.05, 3.63) is 67.5 Å². The molecule has 0 radical (unpaired) electrons. The quantitative estimate of drug-likeness (QED) is 0.738. The molecule has 8 heteroatoms. The summed E-state index contributed by atoms with van der Waals surface area (Å²) in [6.45, 7) is 5.97. The molecule has 0 bridgehead atoms. The average Bonchev–Trinajstić information content (AvgIpc) is 2.73. The van der Waals surface area contributed by atoms with Crippen LogP contribution in [0.3, 0.4) is 0 Å². The van der Waals surface area contributed by atoms with Crippen LogP contribution in [-0.4, -0.2) is 35.8 Å². The Morgan fingerprint density at radius 2 is 1.74 bits per heavy atom. The predicted octanol–water partition coefficient (Wildman–Crippen LogP) is 2.18. The van der Waals surface area contributed by atoms with Crippen molar-refractivity contribution in [1.82, 2.24) is 9.13 Å². The summed E-state index contributed by atoms with van der Waals surface area (Å²) in [4.78, 5) is 40.8. The van der Waals surface area contributed by atoms with Crippen LogP contribution in [0.2, 0.25) is 0 Å². The van der Waals surface area contributed by atoms with Crippen LogP contribution in [-0.2, 0) is 23.6 Å². The molecule has 1 aliphatic rings. The summed E-state index contributed by atoms with van der Waals surface area (Å²) < 4.78 is 8.01. The van der Waals surface area contributed by atoms with Crippen LogP contribution >= 0.6 is 0 Å². The van der Waals surface area contributed by atoms with Crippen LogP contribution in [0, 0.1) is 5.92 Å². The summed E-state index contributed by atoms with van der Waals surface area (Å²) in [5, 5.41) is 3.11. The lowest BCUT2D eigenvalue weighted by molar-refractivity contribution is -0.140. The third kappa shape index (κ3) is 4.02. The van der Waals surface area contributed by atoms with Crippen LogP contribution in [0.25, 0.3) is 0 Å². The molecule has 1 N–H and O–H groups in total. The summed E-state index contributed by atoms with van der Waals surface area (Å²) in [6, 6.07) is 7.69. The Kier molecular flexibility index (Phi) is 6.10. The van der Waals surface area contributed by atoms with Crippen molar-refractivity contribution in [1.29, 1.82) is 0 Å². The molecule has 0 spiro atoms. The molecule has 0 amide bonds. The Hall–Kier alpha value is -3.29. The van der Waals surface area contributed by atoms with Gasteiger partial charge in [0.15, 0.2) is 0 Å². The fourth-order valence-corrected chi connectivity index (χ4v) is 3.78. The van der Waals surface area contributed by atoms with Crippen molar-refractivity contribution in [2.45, 2.75) is 26.7 Å². The standard InChI is InChI=1S/C23H30N4O4/c1-13(2)12-31-22(29)17-14(3)24-20-19(21(28)27(7)23(30)26(20)6)18(17)15-8-10-16(11-9-15)25(4)5/h8-11,13,18,24H,12H2,1-7H3/t18-/m1/s1. The number of anilines is 2. The van der Waals surface area contributed by atoms with Gasteiger partial charge in [-0.3, -0.25) is 13.9 Å². The van der Waals surface area contributed by atoms with Gasteiger partial charge in [0, 0.05) is 39.6 Å². The Morgan fingerprint density at radius 1 is 1.13 bits per heavy atom. The maximum absolute atomic E-state index is 13.2. The second-order valence-electron chi connectivity index (χ2n) is 8.54. The molecule has 1 atom stereocenters. The van der Waals surface area contributed by atoms with Crippen LogP contribution in [0.4, 0.5) is 11.5 Å². The molecular weight excluding hydrogens is 396 g/mol. The van der Waals surface area contributed by atoms with Crippen molar-refractivity contribution in [2.75, 3.05) is 30.9 Å². The van der Waals surface area contributed by atoms with E-state index in [0.717, 1.165) is 15.8 Å². The lowest BCUT2D eigenvalue weighted by Crippen LogP contribution is -2.43. The van der Waals surface area contributed by atoms with Crippen LogP contribution in [0.5, 0.6) is 0 Å². The third-order valence-electron chi connectivity index (χ3n) is 5.50. The summed E-state index contributed by atoms with van der Waals surface area (Å²) in [5.74, 6) is -0.549. The minimum absolute atomic E-state index is 0.181. The highest BCUT2D eigenvalue weighted by atomic mass is 16.5. The van der Waals surface area contributed by atoms with Crippen LogP contribution in [0.15, 0.2) is 45.1 Å². The molecule has 1 aliphatic heterocycles. The summed E-state index contributed by atoms with van der Waals surface area (Å²) in [6.07, 6.45) is 0. The van der Waals surface area contributed by atoms with Crippen molar-refractivity contribution in [3.8, 4) is 0 Å². The number of carbonyl (C=O) groups excluding carboxylic acids is 1. The molecule has 0 saturated carbocycles. The van der Waals surface area contributed by atoms with E-state index in [1.54, 1.807) is 14.0 Å². The Labute approximate surface area is 181 Å². The third-order valence-corrected chi connectivity index (χ3v) is 5.50. The first kappa shape index (κ1) is 22.4. The molecular formula is C23H30N4O4. The molecule has 3 rings (SSSR count). The molecule has 166 valence electrons. The van der Waals surface area contributed by atoms with E-state index in [4.69, 9.17) is 4.74 Å². The molecule has 0 aliphatic carbocycles. The zero-order chi connectivity index (χ0) is 23.0. The van der Waals surface area contributed by atoms with E-state index < -0.39 is 23.1 Å². The van der Waals surface area contributed by atoms with E-state index in [2.05, 4.69) is 5.32 Å². The van der Waals surface area contributed by atoms with Gasteiger partial charge < -0.3 is 15.0 Å². The van der Waals surface area contributed by atoms with Crippen molar-refractivity contribution in [2.24, 2.45) is 20.0 Å². The highest BCUT2D eigenvalue weighted by molar-refractivity contribution is 5.94. The van der Waals surface area contributed by atoms with Gasteiger partial charge in [-0.05, 0) is 30.5 Å². The fraction of sp³-hybridized carbons (Fsp3) is 0.435. The average molecular weight is 427 g/mol. The highest BCUT2D eigenvalue weighted by Crippen LogP contribution is 2.40. The van der Waals surface area contributed by atoms with Gasteiger partial charge in [0.2, 0.25) is 0 Å². The molecule has 2 aromatic rings. The number of nitrogens with zero attached hydrogens (tertiary/aromatic N) is 3. The maximum atomic E-state index is 13.2. The predicted molar refractivity (Wildman–Crippen MR) is 122 cm³/mol. The number of aromatic nitrogens is 2. The van der Waals surface area contributed by atoms with Gasteiger partial charge in [0.1, 0.15) is 5.82 Å². The maximum Gasteiger partial charge on any atom is 0.336 e. The molecule has 8 nitrogen and oxygen atoms in total. The van der Waals surface area contributed by atoms with Gasteiger partial charge in [-0.25, -0.2) is 9.59 Å². The minimum Gasteiger partial charge on any atom is -0.462 e. The van der Waals surface area contributed by atoms with E-state index >= 15 is 0 Å². The van der Waals surface area contributed by atoms with E-state index in [1.807, 2.05) is 57.1 Å². The summed E-state index contributed by atoms with van der Waals surface area (Å²) in [5.41, 5.74) is 2.19. The largest absolute Gasteiger partial charge is 0.462 e. The number of allylic oxidation sites excluding steroid dienone is 1. The number of hydrogen-bond donors (Lipinski definition) is 1. The molecule has 0 unspecified atom stereocenters. The van der Waals surface area contributed by atoms with Crippen LogP contribution < -0.4 is 21.5 Å². The summed E-state index contributed by atoms with van der Waals surface area (Å²) >= 11 is 0. The first-order valence-corrected chi connectivity index (χ1v) is 10.3. The Bertz CT molecular complexity index is 1150. The number of hydrogen-bond acceptors (Lipinski definition) is 6. The topological polar surface area (TPSA) is 85.6 Å². The van der Waals surface area contributed by atoms with E-state index in [-0.39, 0.29) is 12.5 Å². The van der Waals surface area contributed by atoms with Gasteiger partial charge in [0.25, 0.3) is 5.56 Å². The second kappa shape index (κ2) is 8.45. The molecule has 31 heavy (non-hydrogen) atoms. The van der Waals surface area contributed by atoms with Crippen molar-refractivity contribution < 1.29 is 9.53 Å². The zero-order valence-electron chi connectivity index (χ0n) is 19.1. The molecule has 1 aromatic carbocycles. The second-order valence-corrected chi connectivity index (χ2v) is 8.54. The number of benzene rings is 1. The summed E-state index contributed by atoms with van der Waals surface area (Å²) in [7, 11) is 6.94. The number of esters is 1. The molecule has 0 saturated heterocycles. The van der Waals surface area contributed by atoms with Gasteiger partial charge >= 0.3 is 11.7 Å². The molecule has 0 fully saturated rings. The Morgan fingerprint density at radius 3 is 2.29 bits per heavy atom. The van der Waals surface area contributed by atoms with Gasteiger partial charge in [0.05, 0.1) is 23.7 Å². The molecule has 1 aromatic heterocycles. The zero-order valence-corrected chi connectivity index (χ0v) is 19.1. The number of nitrogens with one attached hydrogen (secondary N) is 1. The van der Waals surface area contributed by atoms with Gasteiger partial charge in [-0.1, -0.05) is 26.0 Å². The van der Waals surface area contributed by atoms with E-state index in [1.165, 1.54) is 11.6 Å². The monoisotopic (exact) mass is 426 g/mol. The van der Waals surface area contributed by atoms with Crippen LogP contribution in [0.1, 0.15) is 37.8 Å². The number of carbonyl (C=O) groups is 1. The first-order chi connectivity index (χ1) is 14.5.